The molecule has 1 aromatic rings. The quantitative estimate of drug-likeness (QED) is 0.719. The van der Waals surface area contributed by atoms with Gasteiger partial charge in [-0.25, -0.2) is 4.79 Å². The number of hydrogen-bond donors (Lipinski definition) is 3. The van der Waals surface area contributed by atoms with Crippen LogP contribution in [0.15, 0.2) is 24.3 Å². The van der Waals surface area contributed by atoms with E-state index in [1.807, 2.05) is 38.1 Å². The number of anilines is 1. The van der Waals surface area contributed by atoms with Gasteiger partial charge in [0.05, 0.1) is 6.10 Å². The molecule has 1 aromatic carbocycles. The van der Waals surface area contributed by atoms with Crippen LogP contribution in [0.2, 0.25) is 0 Å². The second-order valence-electron chi connectivity index (χ2n) is 6.99. The summed E-state index contributed by atoms with van der Waals surface area (Å²) in [6.45, 7) is 4.67. The molecule has 128 valence electrons. The highest BCUT2D eigenvalue weighted by molar-refractivity contribution is 5.89. The van der Waals surface area contributed by atoms with Crippen molar-refractivity contribution in [3.05, 3.63) is 24.3 Å². The molecular weight excluding hydrogens is 292 g/mol. The molecule has 0 saturated heterocycles. The first-order valence-electron chi connectivity index (χ1n) is 8.41. The van der Waals surface area contributed by atoms with E-state index in [1.54, 1.807) is 0 Å². The molecule has 1 aliphatic carbocycles. The summed E-state index contributed by atoms with van der Waals surface area (Å²) in [4.78, 5) is 11.9. The Bertz CT molecular complexity index is 493. The van der Waals surface area contributed by atoms with Crippen LogP contribution >= 0.6 is 0 Å². The van der Waals surface area contributed by atoms with Gasteiger partial charge in [0.15, 0.2) is 0 Å². The topological polar surface area (TPSA) is 70.6 Å². The second-order valence-corrected chi connectivity index (χ2v) is 6.99. The summed E-state index contributed by atoms with van der Waals surface area (Å²) >= 11 is 0. The SMILES string of the molecule is CC(C)(CCO)CNC(=O)Nc1ccc(OC2CCCC2)cc1. The number of urea groups is 1. The Morgan fingerprint density at radius 1 is 1.26 bits per heavy atom. The maximum Gasteiger partial charge on any atom is 0.319 e. The van der Waals surface area contributed by atoms with Gasteiger partial charge in [-0.2, -0.15) is 0 Å². The number of aliphatic hydroxyl groups is 1. The Kier molecular flexibility index (Phi) is 6.28. The molecule has 1 fully saturated rings. The van der Waals surface area contributed by atoms with Crippen LogP contribution in [0.1, 0.15) is 46.0 Å². The van der Waals surface area contributed by atoms with Crippen LogP contribution in [0, 0.1) is 5.41 Å². The zero-order valence-corrected chi connectivity index (χ0v) is 14.1. The standard InChI is InChI=1S/C18H28N2O3/c1-18(2,11-12-21)13-19-17(22)20-14-7-9-16(10-8-14)23-15-5-3-4-6-15/h7-10,15,21H,3-6,11-13H2,1-2H3,(H2,19,20,22). The Hall–Kier alpha value is -1.75. The van der Waals surface area contributed by atoms with Gasteiger partial charge in [-0.05, 0) is 61.8 Å². The van der Waals surface area contributed by atoms with Crippen LogP contribution in [0.5, 0.6) is 5.75 Å². The summed E-state index contributed by atoms with van der Waals surface area (Å²) in [6, 6.07) is 7.25. The van der Waals surface area contributed by atoms with Crippen molar-refractivity contribution >= 4 is 11.7 Å². The van der Waals surface area contributed by atoms with Crippen molar-refractivity contribution < 1.29 is 14.6 Å². The predicted octanol–water partition coefficient (Wildman–Crippen LogP) is 3.54. The molecule has 2 rings (SSSR count). The largest absolute Gasteiger partial charge is 0.490 e. The fourth-order valence-corrected chi connectivity index (χ4v) is 2.70. The highest BCUT2D eigenvalue weighted by Crippen LogP contribution is 2.25. The maximum absolute atomic E-state index is 11.9. The number of rotatable bonds is 7. The number of nitrogens with one attached hydrogen (secondary N) is 2. The van der Waals surface area contributed by atoms with Gasteiger partial charge in [0.1, 0.15) is 5.75 Å². The Morgan fingerprint density at radius 2 is 1.91 bits per heavy atom. The van der Waals surface area contributed by atoms with Gasteiger partial charge >= 0.3 is 6.03 Å². The number of carbonyl (C=O) groups excluding carboxylic acids is 1. The summed E-state index contributed by atoms with van der Waals surface area (Å²) in [5, 5.41) is 14.6. The van der Waals surface area contributed by atoms with E-state index in [2.05, 4.69) is 10.6 Å². The lowest BCUT2D eigenvalue weighted by atomic mass is 9.90. The summed E-state index contributed by atoms with van der Waals surface area (Å²) < 4.78 is 5.90. The Morgan fingerprint density at radius 3 is 2.52 bits per heavy atom. The second kappa shape index (κ2) is 8.20. The molecule has 5 heteroatoms. The minimum absolute atomic E-state index is 0.120. The fourth-order valence-electron chi connectivity index (χ4n) is 2.70. The normalized spacial score (nSPS) is 15.4. The molecule has 0 radical (unpaired) electrons. The van der Waals surface area contributed by atoms with Gasteiger partial charge in [0.25, 0.3) is 0 Å². The molecule has 5 nitrogen and oxygen atoms in total. The minimum Gasteiger partial charge on any atom is -0.490 e. The van der Waals surface area contributed by atoms with E-state index in [0.717, 1.165) is 24.3 Å². The molecule has 3 N–H and O–H groups in total. The van der Waals surface area contributed by atoms with Gasteiger partial charge in [0, 0.05) is 18.8 Å². The molecule has 1 saturated carbocycles. The Labute approximate surface area is 138 Å². The number of carbonyl (C=O) groups is 1. The van der Waals surface area contributed by atoms with Crippen molar-refractivity contribution in [1.82, 2.24) is 5.32 Å². The number of hydrogen-bond acceptors (Lipinski definition) is 3. The lowest BCUT2D eigenvalue weighted by Crippen LogP contribution is -2.37. The first-order chi connectivity index (χ1) is 11.0. The van der Waals surface area contributed by atoms with Crippen molar-refractivity contribution in [3.63, 3.8) is 0 Å². The first-order valence-corrected chi connectivity index (χ1v) is 8.41. The van der Waals surface area contributed by atoms with Gasteiger partial charge in [-0.15, -0.1) is 0 Å². The van der Waals surface area contributed by atoms with Crippen molar-refractivity contribution in [2.75, 3.05) is 18.5 Å². The van der Waals surface area contributed by atoms with Crippen LogP contribution in [0.3, 0.4) is 0 Å². The molecule has 0 heterocycles. The smallest absolute Gasteiger partial charge is 0.319 e. The molecule has 0 unspecified atom stereocenters. The molecule has 0 aromatic heterocycles. The number of amides is 2. The molecule has 0 aliphatic heterocycles. The van der Waals surface area contributed by atoms with E-state index in [1.165, 1.54) is 12.8 Å². The first kappa shape index (κ1) is 17.6. The zero-order chi connectivity index (χ0) is 16.7. The number of ether oxygens (including phenoxy) is 1. The van der Waals surface area contributed by atoms with Gasteiger partial charge in [-0.1, -0.05) is 13.8 Å². The number of aliphatic hydroxyl groups excluding tert-OH is 1. The highest BCUT2D eigenvalue weighted by Gasteiger charge is 2.18. The maximum atomic E-state index is 11.9. The Balaban J connectivity index is 1.77. The van der Waals surface area contributed by atoms with Gasteiger partial charge in [-0.3, -0.25) is 0 Å². The summed E-state index contributed by atoms with van der Waals surface area (Å²) in [6.07, 6.45) is 5.75. The summed E-state index contributed by atoms with van der Waals surface area (Å²) in [5.74, 6) is 0.854. The molecule has 0 spiro atoms. The summed E-state index contributed by atoms with van der Waals surface area (Å²) in [7, 11) is 0. The van der Waals surface area contributed by atoms with Crippen LogP contribution in [-0.4, -0.2) is 30.4 Å². The monoisotopic (exact) mass is 320 g/mol. The molecule has 2 amide bonds. The average molecular weight is 320 g/mol. The van der Waals surface area contributed by atoms with Crippen molar-refractivity contribution in [2.24, 2.45) is 5.41 Å². The molecule has 23 heavy (non-hydrogen) atoms. The number of benzene rings is 1. The van der Waals surface area contributed by atoms with E-state index >= 15 is 0 Å². The third kappa shape index (κ3) is 6.10. The van der Waals surface area contributed by atoms with Crippen molar-refractivity contribution in [1.29, 1.82) is 0 Å². The molecule has 0 bridgehead atoms. The lowest BCUT2D eigenvalue weighted by Gasteiger charge is -2.23. The van der Waals surface area contributed by atoms with Crippen LogP contribution in [0.4, 0.5) is 10.5 Å². The van der Waals surface area contributed by atoms with Crippen molar-refractivity contribution in [3.8, 4) is 5.75 Å². The molecular formula is C18H28N2O3. The van der Waals surface area contributed by atoms with Crippen LogP contribution in [-0.2, 0) is 0 Å². The van der Waals surface area contributed by atoms with Crippen LogP contribution < -0.4 is 15.4 Å². The third-order valence-electron chi connectivity index (χ3n) is 4.23. The molecule has 1 aliphatic rings. The molecule has 0 atom stereocenters. The minimum atomic E-state index is -0.236. The fraction of sp³-hybridized carbons (Fsp3) is 0.611. The lowest BCUT2D eigenvalue weighted by molar-refractivity contribution is 0.204. The average Bonchev–Trinajstić information content (AvgIpc) is 3.00. The highest BCUT2D eigenvalue weighted by atomic mass is 16.5. The van der Waals surface area contributed by atoms with E-state index < -0.39 is 0 Å². The van der Waals surface area contributed by atoms with Crippen molar-refractivity contribution in [2.45, 2.75) is 52.1 Å². The van der Waals surface area contributed by atoms with E-state index in [0.29, 0.717) is 19.1 Å². The van der Waals surface area contributed by atoms with Gasteiger partial charge < -0.3 is 20.5 Å². The van der Waals surface area contributed by atoms with E-state index in [4.69, 9.17) is 9.84 Å². The van der Waals surface area contributed by atoms with E-state index in [9.17, 15) is 4.79 Å². The third-order valence-corrected chi connectivity index (χ3v) is 4.23. The van der Waals surface area contributed by atoms with Gasteiger partial charge in [0.2, 0.25) is 0 Å². The van der Waals surface area contributed by atoms with Crippen LogP contribution in [0.25, 0.3) is 0 Å². The summed E-state index contributed by atoms with van der Waals surface area (Å²) in [5.41, 5.74) is 0.617. The van der Waals surface area contributed by atoms with E-state index in [-0.39, 0.29) is 18.1 Å². The zero-order valence-electron chi connectivity index (χ0n) is 14.1. The predicted molar refractivity (Wildman–Crippen MR) is 91.8 cm³/mol.